The summed E-state index contributed by atoms with van der Waals surface area (Å²) < 4.78 is 0. The molecule has 45 heavy (non-hydrogen) atoms. The highest BCUT2D eigenvalue weighted by Gasteiger charge is 2.46. The maximum absolute atomic E-state index is 2.70. The minimum absolute atomic E-state index is 0.234. The molecule has 2 nitrogen and oxygen atoms in total. The standard InChI is InChI=1S/C42H37BN2/c1-3-8-30(9-4-1)44-38-12-7-13-39-42(38)43(36-22-32-26-14-18-28(19-15-26)34(32)24-40(36)44)37-23-33-27-16-20-29(21-17-27)35(33)25-41(37)45(39)31-10-5-2-6-11-31/h1-13,22-29H,14-21H2. The third kappa shape index (κ3) is 3.37. The van der Waals surface area contributed by atoms with Crippen molar-refractivity contribution in [1.82, 2.24) is 0 Å². The molecule has 2 aliphatic heterocycles. The highest BCUT2D eigenvalue weighted by atomic mass is 15.2. The third-order valence-corrected chi connectivity index (χ3v) is 12.6. The van der Waals surface area contributed by atoms with Crippen LogP contribution in [0.1, 0.15) is 97.3 Å². The molecular weight excluding hydrogens is 543 g/mol. The summed E-state index contributed by atoms with van der Waals surface area (Å²) in [6.45, 7) is 0.234. The molecule has 0 atom stereocenters. The summed E-state index contributed by atoms with van der Waals surface area (Å²) in [4.78, 5) is 5.20. The predicted molar refractivity (Wildman–Crippen MR) is 188 cm³/mol. The van der Waals surface area contributed by atoms with Crippen LogP contribution < -0.4 is 26.2 Å². The van der Waals surface area contributed by atoms with Gasteiger partial charge in [-0.3, -0.25) is 0 Å². The maximum Gasteiger partial charge on any atom is 0.252 e. The van der Waals surface area contributed by atoms with E-state index in [0.29, 0.717) is 0 Å². The molecule has 4 bridgehead atoms. The van der Waals surface area contributed by atoms with Crippen molar-refractivity contribution in [2.45, 2.75) is 75.0 Å². The van der Waals surface area contributed by atoms with Gasteiger partial charge in [-0.15, -0.1) is 0 Å². The number of benzene rings is 5. The lowest BCUT2D eigenvalue weighted by Gasteiger charge is -2.47. The number of anilines is 6. The molecular formula is C42H37BN2. The fraction of sp³-hybridized carbons (Fsp3) is 0.286. The highest BCUT2D eigenvalue weighted by Crippen LogP contribution is 2.54. The molecule has 0 radical (unpaired) electrons. The lowest BCUT2D eigenvalue weighted by Crippen LogP contribution is -2.61. The normalized spacial score (nSPS) is 24.5. The van der Waals surface area contributed by atoms with Crippen molar-refractivity contribution in [3.05, 3.63) is 125 Å². The molecule has 0 N–H and O–H groups in total. The Kier molecular flexibility index (Phi) is 5.09. The topological polar surface area (TPSA) is 6.48 Å². The van der Waals surface area contributed by atoms with Gasteiger partial charge in [0, 0.05) is 34.1 Å². The van der Waals surface area contributed by atoms with Gasteiger partial charge in [0.05, 0.1) is 0 Å². The predicted octanol–water partition coefficient (Wildman–Crippen LogP) is 9.28. The average molecular weight is 581 g/mol. The van der Waals surface area contributed by atoms with Crippen LogP contribution in [0, 0.1) is 0 Å². The van der Waals surface area contributed by atoms with Crippen molar-refractivity contribution in [2.24, 2.45) is 0 Å². The van der Waals surface area contributed by atoms with Gasteiger partial charge in [-0.25, -0.2) is 0 Å². The van der Waals surface area contributed by atoms with E-state index in [1.54, 1.807) is 22.3 Å². The van der Waals surface area contributed by atoms with Gasteiger partial charge in [0.15, 0.2) is 0 Å². The van der Waals surface area contributed by atoms with Crippen LogP contribution in [-0.4, -0.2) is 6.71 Å². The first-order valence-corrected chi connectivity index (χ1v) is 17.5. The minimum atomic E-state index is 0.234. The van der Waals surface area contributed by atoms with Crippen LogP contribution >= 0.6 is 0 Å². The summed E-state index contributed by atoms with van der Waals surface area (Å²) in [6, 6.07) is 40.1. The Labute approximate surface area is 266 Å². The second kappa shape index (κ2) is 9.16. The maximum atomic E-state index is 2.70. The van der Waals surface area contributed by atoms with Gasteiger partial charge >= 0.3 is 0 Å². The zero-order valence-corrected chi connectivity index (χ0v) is 25.8. The van der Waals surface area contributed by atoms with Crippen molar-refractivity contribution in [3.63, 3.8) is 0 Å². The molecule has 0 amide bonds. The van der Waals surface area contributed by atoms with Crippen LogP contribution in [0.3, 0.4) is 0 Å². The summed E-state index contributed by atoms with van der Waals surface area (Å²) in [6.07, 6.45) is 10.9. The number of nitrogens with zero attached hydrogens (tertiary/aromatic N) is 2. The Morgan fingerprint density at radius 2 is 0.778 bits per heavy atom. The Morgan fingerprint density at radius 1 is 0.400 bits per heavy atom. The van der Waals surface area contributed by atoms with E-state index in [1.807, 2.05) is 0 Å². The average Bonchev–Trinajstić information content (AvgIpc) is 3.12. The highest BCUT2D eigenvalue weighted by molar-refractivity contribution is 7.00. The van der Waals surface area contributed by atoms with Gasteiger partial charge in [0.1, 0.15) is 0 Å². The van der Waals surface area contributed by atoms with Gasteiger partial charge < -0.3 is 9.80 Å². The molecule has 2 saturated carbocycles. The molecule has 0 aromatic heterocycles. The number of hydrogen-bond donors (Lipinski definition) is 0. The van der Waals surface area contributed by atoms with Crippen LogP contribution in [0.5, 0.6) is 0 Å². The van der Waals surface area contributed by atoms with Crippen LogP contribution in [0.15, 0.2) is 103 Å². The lowest BCUT2D eigenvalue weighted by atomic mass is 9.33. The fourth-order valence-corrected chi connectivity index (χ4v) is 10.6. The number of hydrogen-bond acceptors (Lipinski definition) is 2. The SMILES string of the molecule is c1ccc(N2c3cc4c(cc3B3c5cc6c(cc5N(c5ccccc5)c5cccc2c53)C2CCC6CC2)C2CCC4CC2)cc1. The first-order valence-electron chi connectivity index (χ1n) is 17.5. The first-order chi connectivity index (χ1) is 22.3. The molecule has 8 aliphatic rings. The van der Waals surface area contributed by atoms with E-state index in [-0.39, 0.29) is 6.71 Å². The first kappa shape index (κ1) is 25.0. The Morgan fingerprint density at radius 3 is 1.18 bits per heavy atom. The zero-order valence-electron chi connectivity index (χ0n) is 25.8. The van der Waals surface area contributed by atoms with E-state index >= 15 is 0 Å². The van der Waals surface area contributed by atoms with Crippen LogP contribution in [-0.2, 0) is 0 Å². The second-order valence-corrected chi connectivity index (χ2v) is 14.7. The second-order valence-electron chi connectivity index (χ2n) is 14.7. The Hall–Kier alpha value is -4.24. The van der Waals surface area contributed by atoms with E-state index in [2.05, 4.69) is 113 Å². The van der Waals surface area contributed by atoms with Crippen molar-refractivity contribution in [2.75, 3.05) is 9.80 Å². The molecule has 2 fully saturated rings. The van der Waals surface area contributed by atoms with Crippen LogP contribution in [0.4, 0.5) is 34.1 Å². The molecule has 0 spiro atoms. The smallest absolute Gasteiger partial charge is 0.252 e. The van der Waals surface area contributed by atoms with Crippen molar-refractivity contribution >= 4 is 57.2 Å². The minimum Gasteiger partial charge on any atom is -0.311 e. The Bertz CT molecular complexity index is 1860. The van der Waals surface area contributed by atoms with Crippen molar-refractivity contribution in [1.29, 1.82) is 0 Å². The Balaban J connectivity index is 1.25. The molecule has 5 aromatic carbocycles. The fourth-order valence-electron chi connectivity index (χ4n) is 10.6. The molecule has 2 heterocycles. The number of rotatable bonds is 2. The van der Waals surface area contributed by atoms with E-state index < -0.39 is 0 Å². The van der Waals surface area contributed by atoms with Crippen molar-refractivity contribution < 1.29 is 0 Å². The summed E-state index contributed by atoms with van der Waals surface area (Å²) in [7, 11) is 0. The summed E-state index contributed by atoms with van der Waals surface area (Å²) >= 11 is 0. The van der Waals surface area contributed by atoms with Gasteiger partial charge in [0.2, 0.25) is 0 Å². The molecule has 5 aromatic rings. The molecule has 13 rings (SSSR count). The molecule has 0 saturated heterocycles. The molecule has 3 heteroatoms. The molecule has 218 valence electrons. The van der Waals surface area contributed by atoms with Gasteiger partial charge in [0.25, 0.3) is 6.71 Å². The summed E-state index contributed by atoms with van der Waals surface area (Å²) in [5.41, 5.74) is 19.1. The lowest BCUT2D eigenvalue weighted by molar-refractivity contribution is 0.359. The molecule has 6 aliphatic carbocycles. The third-order valence-electron chi connectivity index (χ3n) is 12.6. The van der Waals surface area contributed by atoms with Crippen LogP contribution in [0.2, 0.25) is 0 Å². The van der Waals surface area contributed by atoms with Gasteiger partial charge in [-0.1, -0.05) is 54.6 Å². The van der Waals surface area contributed by atoms with Gasteiger partial charge in [-0.2, -0.15) is 0 Å². The van der Waals surface area contributed by atoms with E-state index in [4.69, 9.17) is 0 Å². The molecule has 0 unspecified atom stereocenters. The summed E-state index contributed by atoms with van der Waals surface area (Å²) in [5, 5.41) is 0. The summed E-state index contributed by atoms with van der Waals surface area (Å²) in [5.74, 6) is 2.88. The zero-order chi connectivity index (χ0) is 29.2. The quantitative estimate of drug-likeness (QED) is 0.188. The monoisotopic (exact) mass is 580 g/mol. The van der Waals surface area contributed by atoms with E-state index in [0.717, 1.165) is 23.7 Å². The van der Waals surface area contributed by atoms with E-state index in [9.17, 15) is 0 Å². The van der Waals surface area contributed by atoms with Crippen LogP contribution in [0.25, 0.3) is 0 Å². The van der Waals surface area contributed by atoms with Crippen molar-refractivity contribution in [3.8, 4) is 0 Å². The van der Waals surface area contributed by atoms with Gasteiger partial charge in [-0.05, 0) is 162 Å². The van der Waals surface area contributed by atoms with E-state index in [1.165, 1.54) is 102 Å². The number of fused-ring (bicyclic) bond motifs is 8. The number of para-hydroxylation sites is 2. The largest absolute Gasteiger partial charge is 0.311 e.